The summed E-state index contributed by atoms with van der Waals surface area (Å²) in [6.07, 6.45) is 7.24. The van der Waals surface area contributed by atoms with Crippen LogP contribution in [0.2, 0.25) is 0 Å². The van der Waals surface area contributed by atoms with Gasteiger partial charge in [-0.2, -0.15) is 4.31 Å². The topological polar surface area (TPSA) is 62.7 Å². The van der Waals surface area contributed by atoms with Crippen LogP contribution in [0, 0.1) is 24.7 Å². The summed E-state index contributed by atoms with van der Waals surface area (Å²) in [6.45, 7) is 9.40. The molecule has 0 aromatic carbocycles. The minimum atomic E-state index is -3.44. The van der Waals surface area contributed by atoms with Crippen LogP contribution in [0.15, 0.2) is 17.2 Å². The first kappa shape index (κ1) is 19.0. The van der Waals surface area contributed by atoms with E-state index in [1.54, 1.807) is 10.4 Å². The Bertz CT molecular complexity index is 865. The summed E-state index contributed by atoms with van der Waals surface area (Å²) in [5, 5.41) is 0. The molecule has 2 spiro atoms. The fraction of sp³-hybridized carbons (Fsp3) is 0.762. The summed E-state index contributed by atoms with van der Waals surface area (Å²) in [4.78, 5) is 7.25. The van der Waals surface area contributed by atoms with Crippen molar-refractivity contribution in [2.24, 2.45) is 10.8 Å². The summed E-state index contributed by atoms with van der Waals surface area (Å²) in [5.41, 5.74) is 2.64. The molecule has 4 fully saturated rings. The van der Waals surface area contributed by atoms with E-state index < -0.39 is 10.0 Å². The van der Waals surface area contributed by atoms with Gasteiger partial charge in [-0.1, -0.05) is 0 Å². The number of rotatable bonds is 3. The van der Waals surface area contributed by atoms with E-state index in [2.05, 4.69) is 9.88 Å². The molecule has 6 nitrogen and oxygen atoms in total. The van der Waals surface area contributed by atoms with Gasteiger partial charge in [-0.15, -0.1) is 0 Å². The minimum absolute atomic E-state index is 0.337. The smallest absolute Gasteiger partial charge is 0.244 e. The van der Waals surface area contributed by atoms with Crippen molar-refractivity contribution in [3.05, 3.63) is 23.5 Å². The van der Waals surface area contributed by atoms with Gasteiger partial charge in [-0.3, -0.25) is 9.88 Å². The molecule has 7 heteroatoms. The molecular weight excluding hydrogens is 374 g/mol. The first-order chi connectivity index (χ1) is 13.3. The zero-order valence-corrected chi connectivity index (χ0v) is 17.8. The van der Waals surface area contributed by atoms with Gasteiger partial charge in [0.15, 0.2) is 0 Å². The number of aryl methyl sites for hydroxylation is 2. The lowest BCUT2D eigenvalue weighted by molar-refractivity contribution is -0.198. The highest BCUT2D eigenvalue weighted by molar-refractivity contribution is 7.89. The summed E-state index contributed by atoms with van der Waals surface area (Å²) in [5.74, 6) is 0. The summed E-state index contributed by atoms with van der Waals surface area (Å²) >= 11 is 0. The Morgan fingerprint density at radius 1 is 1.11 bits per heavy atom. The summed E-state index contributed by atoms with van der Waals surface area (Å²) in [6, 6.07) is 2.45. The molecule has 5 rings (SSSR count). The average Bonchev–Trinajstić information content (AvgIpc) is 2.98. The first-order valence-corrected chi connectivity index (χ1v) is 12.0. The SMILES string of the molecule is Cc1cc(S(=O)(=O)N2CCC3(CCC(N4CC5(COC5)C4)C3)CC2)cnc1C. The number of piperidine rings is 1. The largest absolute Gasteiger partial charge is 0.380 e. The molecule has 1 aromatic heterocycles. The fourth-order valence-electron chi connectivity index (χ4n) is 5.70. The Balaban J connectivity index is 1.21. The molecule has 1 saturated carbocycles. The van der Waals surface area contributed by atoms with Crippen molar-refractivity contribution in [1.29, 1.82) is 0 Å². The van der Waals surface area contributed by atoms with Crippen molar-refractivity contribution in [3.63, 3.8) is 0 Å². The third-order valence-corrected chi connectivity index (χ3v) is 9.69. The average molecular weight is 406 g/mol. The van der Waals surface area contributed by atoms with Gasteiger partial charge in [-0.05, 0) is 63.0 Å². The standard InChI is InChI=1S/C21H31N3O3S/c1-16-9-19(11-22-17(16)2)28(25,26)24-7-5-20(6-8-24)4-3-18(10-20)23-12-21(13-23)14-27-15-21/h9,11,18H,3-8,10,12-15H2,1-2H3. The zero-order chi connectivity index (χ0) is 19.6. The van der Waals surface area contributed by atoms with Crippen molar-refractivity contribution in [3.8, 4) is 0 Å². The molecule has 0 bridgehead atoms. The van der Waals surface area contributed by atoms with Crippen molar-refractivity contribution >= 4 is 10.0 Å². The van der Waals surface area contributed by atoms with E-state index in [0.717, 1.165) is 37.3 Å². The van der Waals surface area contributed by atoms with Crippen LogP contribution in [-0.4, -0.2) is 68.0 Å². The van der Waals surface area contributed by atoms with Crippen molar-refractivity contribution in [2.75, 3.05) is 39.4 Å². The van der Waals surface area contributed by atoms with E-state index in [1.165, 1.54) is 38.5 Å². The fourth-order valence-corrected chi connectivity index (χ4v) is 7.17. The van der Waals surface area contributed by atoms with E-state index in [0.29, 0.717) is 34.9 Å². The normalized spacial score (nSPS) is 29.7. The van der Waals surface area contributed by atoms with Gasteiger partial charge in [0.2, 0.25) is 10.0 Å². The maximum absolute atomic E-state index is 13.1. The maximum atomic E-state index is 13.1. The molecule has 3 aliphatic heterocycles. The van der Waals surface area contributed by atoms with Crippen molar-refractivity contribution in [1.82, 2.24) is 14.2 Å². The lowest BCUT2D eigenvalue weighted by atomic mass is 9.75. The minimum Gasteiger partial charge on any atom is -0.380 e. The lowest BCUT2D eigenvalue weighted by Crippen LogP contribution is -2.67. The van der Waals surface area contributed by atoms with Crippen LogP contribution in [0.4, 0.5) is 0 Å². The van der Waals surface area contributed by atoms with E-state index >= 15 is 0 Å². The second-order valence-electron chi connectivity index (χ2n) is 9.77. The molecule has 4 aliphatic rings. The molecule has 0 amide bonds. The highest BCUT2D eigenvalue weighted by Crippen LogP contribution is 2.51. The Hall–Kier alpha value is -1.02. The molecule has 0 radical (unpaired) electrons. The predicted molar refractivity (Wildman–Crippen MR) is 107 cm³/mol. The van der Waals surface area contributed by atoms with Gasteiger partial charge < -0.3 is 4.74 Å². The van der Waals surface area contributed by atoms with Crippen LogP contribution >= 0.6 is 0 Å². The van der Waals surface area contributed by atoms with Crippen LogP contribution in [0.1, 0.15) is 43.4 Å². The third kappa shape index (κ3) is 3.02. The van der Waals surface area contributed by atoms with Crippen LogP contribution < -0.4 is 0 Å². The van der Waals surface area contributed by atoms with Crippen LogP contribution in [-0.2, 0) is 14.8 Å². The van der Waals surface area contributed by atoms with Gasteiger partial charge in [0.25, 0.3) is 0 Å². The number of ether oxygens (including phenoxy) is 1. The predicted octanol–water partition coefficient (Wildman–Crippen LogP) is 2.35. The Morgan fingerprint density at radius 2 is 1.82 bits per heavy atom. The number of hydrogen-bond acceptors (Lipinski definition) is 5. The molecule has 1 unspecified atom stereocenters. The number of aromatic nitrogens is 1. The number of pyridine rings is 1. The molecule has 0 N–H and O–H groups in total. The monoisotopic (exact) mass is 405 g/mol. The van der Waals surface area contributed by atoms with Crippen LogP contribution in [0.3, 0.4) is 0 Å². The molecule has 1 aromatic rings. The Kier molecular flexibility index (Phi) is 4.40. The van der Waals surface area contributed by atoms with Gasteiger partial charge >= 0.3 is 0 Å². The molecule has 3 saturated heterocycles. The van der Waals surface area contributed by atoms with Crippen LogP contribution in [0.25, 0.3) is 0 Å². The van der Waals surface area contributed by atoms with E-state index in [-0.39, 0.29) is 0 Å². The van der Waals surface area contributed by atoms with Crippen LogP contribution in [0.5, 0.6) is 0 Å². The number of sulfonamides is 1. The maximum Gasteiger partial charge on any atom is 0.244 e. The molecule has 1 atom stereocenters. The zero-order valence-electron chi connectivity index (χ0n) is 17.0. The van der Waals surface area contributed by atoms with Gasteiger partial charge in [0.1, 0.15) is 4.90 Å². The summed E-state index contributed by atoms with van der Waals surface area (Å²) < 4.78 is 33.2. The van der Waals surface area contributed by atoms with E-state index in [4.69, 9.17) is 4.74 Å². The number of likely N-dealkylation sites (tertiary alicyclic amines) is 1. The summed E-state index contributed by atoms with van der Waals surface area (Å²) in [7, 11) is -3.44. The number of nitrogens with zero attached hydrogens (tertiary/aromatic N) is 3. The van der Waals surface area contributed by atoms with Gasteiger partial charge in [0.05, 0.1) is 13.2 Å². The molecule has 154 valence electrons. The highest BCUT2D eigenvalue weighted by Gasteiger charge is 2.53. The second-order valence-corrected chi connectivity index (χ2v) is 11.7. The molecule has 4 heterocycles. The molecule has 1 aliphatic carbocycles. The molecule has 28 heavy (non-hydrogen) atoms. The molecular formula is C21H31N3O3S. The Labute approximate surface area is 168 Å². The van der Waals surface area contributed by atoms with E-state index in [9.17, 15) is 8.42 Å². The lowest BCUT2D eigenvalue weighted by Gasteiger charge is -2.57. The van der Waals surface area contributed by atoms with Crippen molar-refractivity contribution < 1.29 is 13.2 Å². The third-order valence-electron chi connectivity index (χ3n) is 7.82. The van der Waals surface area contributed by atoms with E-state index in [1.807, 2.05) is 13.8 Å². The first-order valence-electron chi connectivity index (χ1n) is 10.6. The van der Waals surface area contributed by atoms with Gasteiger partial charge in [0, 0.05) is 49.5 Å². The Morgan fingerprint density at radius 3 is 2.43 bits per heavy atom. The second kappa shape index (κ2) is 6.49. The van der Waals surface area contributed by atoms with Crippen molar-refractivity contribution in [2.45, 2.75) is 56.9 Å². The van der Waals surface area contributed by atoms with Gasteiger partial charge in [-0.25, -0.2) is 8.42 Å². The quantitative estimate of drug-likeness (QED) is 0.773. The highest BCUT2D eigenvalue weighted by atomic mass is 32.2. The number of hydrogen-bond donors (Lipinski definition) is 0.